The molecule has 2 rings (SSSR count). The molecule has 29 heavy (non-hydrogen) atoms. The van der Waals surface area contributed by atoms with Gasteiger partial charge in [-0.1, -0.05) is 65.0 Å². The van der Waals surface area contributed by atoms with E-state index < -0.39 is 11.3 Å². The maximum absolute atomic E-state index is 12.0. The Morgan fingerprint density at radius 1 is 0.966 bits per heavy atom. The van der Waals surface area contributed by atoms with Gasteiger partial charge < -0.3 is 4.74 Å². The molecule has 1 heterocycles. The van der Waals surface area contributed by atoms with Crippen molar-refractivity contribution >= 4 is 17.6 Å². The molecule has 0 amide bonds. The summed E-state index contributed by atoms with van der Waals surface area (Å²) in [5.41, 5.74) is 1.94. The highest BCUT2D eigenvalue weighted by atomic mass is 35.5. The van der Waals surface area contributed by atoms with Gasteiger partial charge in [-0.05, 0) is 36.5 Å². The number of hydrogen-bond donors (Lipinski definition) is 0. The van der Waals surface area contributed by atoms with Crippen molar-refractivity contribution in [1.29, 1.82) is 0 Å². The van der Waals surface area contributed by atoms with Crippen LogP contribution in [0.1, 0.15) is 71.5 Å². The standard InChI is InChI=1S/C24H33ClN2O2/c1-4-5-6-7-8-9-10-23-26-16-20(17-27-23)19-11-13-21(14-12-19)29-24(28)22(25)15-18(2)3/h11-14,16-18,22H,4-10,15H2,1-3H3/t22-/m0/s1. The SMILES string of the molecule is CCCCCCCCc1ncc(-c2ccc(OC(=O)[C@@H](Cl)CC(C)C)cc2)cn1. The Morgan fingerprint density at radius 2 is 1.59 bits per heavy atom. The molecule has 158 valence electrons. The van der Waals surface area contributed by atoms with Crippen molar-refractivity contribution in [2.75, 3.05) is 0 Å². The number of unbranched alkanes of at least 4 members (excludes halogenated alkanes) is 5. The first-order chi connectivity index (χ1) is 14.0. The first kappa shape index (κ1) is 23.3. The van der Waals surface area contributed by atoms with Gasteiger partial charge in [-0.25, -0.2) is 9.97 Å². The van der Waals surface area contributed by atoms with E-state index in [1.807, 2.05) is 38.4 Å². The first-order valence-corrected chi connectivity index (χ1v) is 11.2. The zero-order chi connectivity index (χ0) is 21.1. The van der Waals surface area contributed by atoms with Crippen LogP contribution in [0.2, 0.25) is 0 Å². The normalized spacial score (nSPS) is 12.2. The molecule has 1 atom stereocenters. The van der Waals surface area contributed by atoms with Crippen LogP contribution >= 0.6 is 11.6 Å². The van der Waals surface area contributed by atoms with Crippen LogP contribution in [0.15, 0.2) is 36.7 Å². The topological polar surface area (TPSA) is 52.1 Å². The van der Waals surface area contributed by atoms with E-state index in [2.05, 4.69) is 16.9 Å². The van der Waals surface area contributed by atoms with E-state index in [4.69, 9.17) is 16.3 Å². The minimum Gasteiger partial charge on any atom is -0.425 e. The Kier molecular flexibility index (Phi) is 10.1. The molecule has 4 nitrogen and oxygen atoms in total. The minimum absolute atomic E-state index is 0.344. The molecule has 0 radical (unpaired) electrons. The number of benzene rings is 1. The molecule has 1 aromatic heterocycles. The molecule has 0 fully saturated rings. The van der Waals surface area contributed by atoms with Gasteiger partial charge in [0.1, 0.15) is 17.0 Å². The molecule has 1 aromatic carbocycles. The van der Waals surface area contributed by atoms with Gasteiger partial charge in [-0.15, -0.1) is 11.6 Å². The number of aryl methyl sites for hydroxylation is 1. The number of esters is 1. The molecule has 0 bridgehead atoms. The third kappa shape index (κ3) is 8.53. The Bertz CT molecular complexity index is 730. The van der Waals surface area contributed by atoms with Crippen molar-refractivity contribution < 1.29 is 9.53 Å². The summed E-state index contributed by atoms with van der Waals surface area (Å²) in [5, 5.41) is -0.623. The van der Waals surface area contributed by atoms with E-state index >= 15 is 0 Å². The van der Waals surface area contributed by atoms with Gasteiger partial charge in [0.05, 0.1) is 0 Å². The van der Waals surface area contributed by atoms with E-state index in [1.165, 1.54) is 32.1 Å². The van der Waals surface area contributed by atoms with Crippen LogP contribution in [-0.2, 0) is 11.2 Å². The number of aromatic nitrogens is 2. The number of carbonyl (C=O) groups excluding carboxylic acids is 1. The van der Waals surface area contributed by atoms with E-state index in [0.717, 1.165) is 29.8 Å². The molecular weight excluding hydrogens is 384 g/mol. The first-order valence-electron chi connectivity index (χ1n) is 10.8. The maximum atomic E-state index is 12.0. The molecule has 0 aliphatic heterocycles. The molecule has 0 saturated heterocycles. The van der Waals surface area contributed by atoms with Gasteiger partial charge in [-0.3, -0.25) is 4.79 Å². The van der Waals surface area contributed by atoms with Crippen molar-refractivity contribution in [3.8, 4) is 16.9 Å². The molecule has 0 spiro atoms. The summed E-state index contributed by atoms with van der Waals surface area (Å²) in [4.78, 5) is 21.0. The number of nitrogens with zero attached hydrogens (tertiary/aromatic N) is 2. The molecule has 0 aliphatic rings. The van der Waals surface area contributed by atoms with Crippen molar-refractivity contribution in [2.24, 2.45) is 5.92 Å². The van der Waals surface area contributed by atoms with Crippen molar-refractivity contribution in [1.82, 2.24) is 9.97 Å². The largest absolute Gasteiger partial charge is 0.425 e. The molecule has 5 heteroatoms. The van der Waals surface area contributed by atoms with E-state index in [9.17, 15) is 4.79 Å². The predicted molar refractivity (Wildman–Crippen MR) is 119 cm³/mol. The summed E-state index contributed by atoms with van der Waals surface area (Å²) in [7, 11) is 0. The lowest BCUT2D eigenvalue weighted by molar-refractivity contribution is -0.134. The molecule has 0 unspecified atom stereocenters. The van der Waals surface area contributed by atoms with E-state index in [0.29, 0.717) is 18.1 Å². The number of alkyl halides is 1. The van der Waals surface area contributed by atoms with E-state index in [1.54, 1.807) is 12.1 Å². The lowest BCUT2D eigenvalue weighted by atomic mass is 10.1. The van der Waals surface area contributed by atoms with E-state index in [-0.39, 0.29) is 0 Å². The van der Waals surface area contributed by atoms with Crippen LogP contribution in [-0.4, -0.2) is 21.3 Å². The van der Waals surface area contributed by atoms with Crippen LogP contribution in [0.3, 0.4) is 0 Å². The van der Waals surface area contributed by atoms with Crippen LogP contribution in [0.25, 0.3) is 11.1 Å². The second-order valence-electron chi connectivity index (χ2n) is 7.95. The Hall–Kier alpha value is -1.94. The number of rotatable bonds is 12. The zero-order valence-corrected chi connectivity index (χ0v) is 18.6. The monoisotopic (exact) mass is 416 g/mol. The van der Waals surface area contributed by atoms with Gasteiger partial charge in [0.15, 0.2) is 0 Å². The predicted octanol–water partition coefficient (Wildman–Crippen LogP) is 6.61. The highest BCUT2D eigenvalue weighted by molar-refractivity contribution is 6.30. The summed E-state index contributed by atoms with van der Waals surface area (Å²) in [6.07, 6.45) is 12.9. The maximum Gasteiger partial charge on any atom is 0.329 e. The van der Waals surface area contributed by atoms with Gasteiger partial charge in [0.2, 0.25) is 0 Å². The summed E-state index contributed by atoms with van der Waals surface area (Å²) >= 11 is 6.09. The van der Waals surface area contributed by atoms with Crippen LogP contribution in [0.5, 0.6) is 5.75 Å². The molecule has 0 N–H and O–H groups in total. The number of hydrogen-bond acceptors (Lipinski definition) is 4. The summed E-state index contributed by atoms with van der Waals surface area (Å²) in [5.74, 6) is 1.33. The Balaban J connectivity index is 1.84. The molecule has 0 saturated carbocycles. The summed E-state index contributed by atoms with van der Waals surface area (Å²) < 4.78 is 5.36. The fourth-order valence-electron chi connectivity index (χ4n) is 3.10. The van der Waals surface area contributed by atoms with Crippen molar-refractivity contribution in [2.45, 2.75) is 77.5 Å². The fourth-order valence-corrected chi connectivity index (χ4v) is 3.50. The average molecular weight is 417 g/mol. The fraction of sp³-hybridized carbons (Fsp3) is 0.542. The Morgan fingerprint density at radius 3 is 2.21 bits per heavy atom. The van der Waals surface area contributed by atoms with Gasteiger partial charge in [-0.2, -0.15) is 0 Å². The van der Waals surface area contributed by atoms with Crippen LogP contribution in [0, 0.1) is 5.92 Å². The van der Waals surface area contributed by atoms with Gasteiger partial charge >= 0.3 is 5.97 Å². The van der Waals surface area contributed by atoms with Crippen LogP contribution < -0.4 is 4.74 Å². The van der Waals surface area contributed by atoms with Crippen molar-refractivity contribution in [3.63, 3.8) is 0 Å². The van der Waals surface area contributed by atoms with Gasteiger partial charge in [0.25, 0.3) is 0 Å². The van der Waals surface area contributed by atoms with Gasteiger partial charge in [0, 0.05) is 24.4 Å². The summed E-state index contributed by atoms with van der Waals surface area (Å²) in [6.45, 7) is 6.29. The number of carbonyl (C=O) groups is 1. The minimum atomic E-state index is -0.623. The lowest BCUT2D eigenvalue weighted by Gasteiger charge is -2.11. The molecule has 0 aliphatic carbocycles. The lowest BCUT2D eigenvalue weighted by Crippen LogP contribution is -2.22. The highest BCUT2D eigenvalue weighted by Crippen LogP contribution is 2.23. The second kappa shape index (κ2) is 12.6. The third-order valence-corrected chi connectivity index (χ3v) is 5.16. The Labute approximate surface area is 180 Å². The highest BCUT2D eigenvalue weighted by Gasteiger charge is 2.19. The summed E-state index contributed by atoms with van der Waals surface area (Å²) in [6, 6.07) is 7.35. The third-order valence-electron chi connectivity index (χ3n) is 4.80. The van der Waals surface area contributed by atoms with Crippen molar-refractivity contribution in [3.05, 3.63) is 42.5 Å². The van der Waals surface area contributed by atoms with Crippen LogP contribution in [0.4, 0.5) is 0 Å². The number of ether oxygens (including phenoxy) is 1. The quantitative estimate of drug-likeness (QED) is 0.169. The smallest absolute Gasteiger partial charge is 0.329 e. The second-order valence-corrected chi connectivity index (χ2v) is 8.48. The average Bonchev–Trinajstić information content (AvgIpc) is 2.71. The zero-order valence-electron chi connectivity index (χ0n) is 17.9. The molecule has 2 aromatic rings. The molecular formula is C24H33ClN2O2. The number of halogens is 1.